The Labute approximate surface area is 92.0 Å². The number of nitrogens with zero attached hydrogens (tertiary/aromatic N) is 1. The van der Waals surface area contributed by atoms with E-state index in [9.17, 15) is 4.79 Å². The number of carbonyl (C=O) groups excluding carboxylic acids is 1. The van der Waals surface area contributed by atoms with Gasteiger partial charge in [0.25, 0.3) is 0 Å². The monoisotopic (exact) mass is 214 g/mol. The molecule has 0 aromatic carbocycles. The zero-order valence-electron chi connectivity index (χ0n) is 10.2. The van der Waals surface area contributed by atoms with E-state index in [4.69, 9.17) is 4.74 Å². The SMILES string of the molecule is CC(C)OCCN1CCNC(C)(C)C1=O. The smallest absolute Gasteiger partial charge is 0.242 e. The third kappa shape index (κ3) is 3.47. The zero-order valence-corrected chi connectivity index (χ0v) is 10.2. The summed E-state index contributed by atoms with van der Waals surface area (Å²) in [6.07, 6.45) is 0.232. The molecule has 0 aromatic heterocycles. The van der Waals surface area contributed by atoms with Gasteiger partial charge in [0.05, 0.1) is 18.2 Å². The summed E-state index contributed by atoms with van der Waals surface area (Å²) in [6.45, 7) is 10.8. The van der Waals surface area contributed by atoms with E-state index in [1.807, 2.05) is 32.6 Å². The van der Waals surface area contributed by atoms with Crippen LogP contribution in [0.1, 0.15) is 27.7 Å². The van der Waals surface area contributed by atoms with Gasteiger partial charge in [-0.3, -0.25) is 4.79 Å². The minimum atomic E-state index is -0.421. The third-order valence-corrected chi connectivity index (χ3v) is 2.58. The predicted molar refractivity (Wildman–Crippen MR) is 59.7 cm³/mol. The van der Waals surface area contributed by atoms with Gasteiger partial charge in [-0.15, -0.1) is 0 Å². The average Bonchev–Trinajstić information content (AvgIpc) is 2.12. The summed E-state index contributed by atoms with van der Waals surface area (Å²) in [5.41, 5.74) is -0.421. The van der Waals surface area contributed by atoms with Crippen molar-refractivity contribution in [2.75, 3.05) is 26.2 Å². The second-order valence-electron chi connectivity index (χ2n) is 4.76. The van der Waals surface area contributed by atoms with Crippen LogP contribution in [0.5, 0.6) is 0 Å². The number of rotatable bonds is 4. The normalized spacial score (nSPS) is 21.1. The molecule has 4 nitrogen and oxygen atoms in total. The van der Waals surface area contributed by atoms with Gasteiger partial charge in [-0.25, -0.2) is 0 Å². The Morgan fingerprint density at radius 3 is 2.80 bits per heavy atom. The molecule has 1 amide bonds. The highest BCUT2D eigenvalue weighted by atomic mass is 16.5. The lowest BCUT2D eigenvalue weighted by Gasteiger charge is -2.38. The van der Waals surface area contributed by atoms with Crippen molar-refractivity contribution >= 4 is 5.91 Å². The van der Waals surface area contributed by atoms with E-state index >= 15 is 0 Å². The molecule has 0 aromatic rings. The molecule has 88 valence electrons. The van der Waals surface area contributed by atoms with Gasteiger partial charge in [-0.1, -0.05) is 0 Å². The Kier molecular flexibility index (Phi) is 4.11. The topological polar surface area (TPSA) is 41.6 Å². The van der Waals surface area contributed by atoms with E-state index in [1.54, 1.807) is 0 Å². The molecule has 1 fully saturated rings. The van der Waals surface area contributed by atoms with Crippen LogP contribution in [0, 0.1) is 0 Å². The lowest BCUT2D eigenvalue weighted by Crippen LogP contribution is -2.61. The highest BCUT2D eigenvalue weighted by Crippen LogP contribution is 2.11. The van der Waals surface area contributed by atoms with Crippen LogP contribution in [-0.4, -0.2) is 48.7 Å². The molecule has 1 aliphatic rings. The number of carbonyl (C=O) groups is 1. The summed E-state index contributed by atoms with van der Waals surface area (Å²) in [7, 11) is 0. The van der Waals surface area contributed by atoms with Crippen LogP contribution in [0.15, 0.2) is 0 Å². The minimum Gasteiger partial charge on any atom is -0.377 e. The van der Waals surface area contributed by atoms with Crippen molar-refractivity contribution in [1.82, 2.24) is 10.2 Å². The minimum absolute atomic E-state index is 0.168. The molecule has 1 aliphatic heterocycles. The molecule has 0 spiro atoms. The van der Waals surface area contributed by atoms with Crippen LogP contribution < -0.4 is 5.32 Å². The molecule has 0 bridgehead atoms. The average molecular weight is 214 g/mol. The number of nitrogens with one attached hydrogen (secondary N) is 1. The summed E-state index contributed by atoms with van der Waals surface area (Å²) >= 11 is 0. The molecule has 1 saturated heterocycles. The highest BCUT2D eigenvalue weighted by Gasteiger charge is 2.34. The van der Waals surface area contributed by atoms with Crippen LogP contribution in [0.25, 0.3) is 0 Å². The van der Waals surface area contributed by atoms with Crippen LogP contribution in [0.2, 0.25) is 0 Å². The first-order valence-corrected chi connectivity index (χ1v) is 5.59. The van der Waals surface area contributed by atoms with E-state index in [2.05, 4.69) is 5.32 Å². The molecule has 1 rings (SSSR count). The molecular formula is C11H22N2O2. The highest BCUT2D eigenvalue weighted by molar-refractivity contribution is 5.86. The van der Waals surface area contributed by atoms with E-state index in [0.29, 0.717) is 13.2 Å². The lowest BCUT2D eigenvalue weighted by atomic mass is 10.0. The summed E-state index contributed by atoms with van der Waals surface area (Å²) in [6, 6.07) is 0. The van der Waals surface area contributed by atoms with Gasteiger partial charge in [-0.2, -0.15) is 0 Å². The quantitative estimate of drug-likeness (QED) is 0.746. The van der Waals surface area contributed by atoms with Crippen molar-refractivity contribution in [3.63, 3.8) is 0 Å². The van der Waals surface area contributed by atoms with Crippen molar-refractivity contribution in [2.45, 2.75) is 39.3 Å². The van der Waals surface area contributed by atoms with Crippen molar-refractivity contribution in [3.05, 3.63) is 0 Å². The van der Waals surface area contributed by atoms with E-state index in [1.165, 1.54) is 0 Å². The Morgan fingerprint density at radius 1 is 1.53 bits per heavy atom. The van der Waals surface area contributed by atoms with Crippen molar-refractivity contribution in [3.8, 4) is 0 Å². The summed E-state index contributed by atoms with van der Waals surface area (Å²) < 4.78 is 5.45. The molecule has 0 saturated carbocycles. The Hall–Kier alpha value is -0.610. The van der Waals surface area contributed by atoms with E-state index < -0.39 is 5.54 Å². The number of amides is 1. The van der Waals surface area contributed by atoms with Crippen LogP contribution >= 0.6 is 0 Å². The van der Waals surface area contributed by atoms with Crippen molar-refractivity contribution in [2.24, 2.45) is 0 Å². The zero-order chi connectivity index (χ0) is 11.5. The number of piperazine rings is 1. The van der Waals surface area contributed by atoms with E-state index in [0.717, 1.165) is 13.1 Å². The first-order chi connectivity index (χ1) is 6.93. The number of hydrogen-bond acceptors (Lipinski definition) is 3. The molecule has 1 N–H and O–H groups in total. The summed E-state index contributed by atoms with van der Waals surface area (Å²) in [5, 5.41) is 3.21. The van der Waals surface area contributed by atoms with Crippen LogP contribution in [0.4, 0.5) is 0 Å². The van der Waals surface area contributed by atoms with Crippen molar-refractivity contribution in [1.29, 1.82) is 0 Å². The molecule has 15 heavy (non-hydrogen) atoms. The standard InChI is InChI=1S/C11H22N2O2/c1-9(2)15-8-7-13-6-5-12-11(3,4)10(13)14/h9,12H,5-8H2,1-4H3. The first-order valence-electron chi connectivity index (χ1n) is 5.59. The fourth-order valence-electron chi connectivity index (χ4n) is 1.69. The summed E-state index contributed by atoms with van der Waals surface area (Å²) in [5.74, 6) is 0.168. The number of ether oxygens (including phenoxy) is 1. The van der Waals surface area contributed by atoms with Gasteiger partial charge >= 0.3 is 0 Å². The Bertz CT molecular complexity index is 227. The van der Waals surface area contributed by atoms with Gasteiger partial charge in [0.15, 0.2) is 0 Å². The number of hydrogen-bond donors (Lipinski definition) is 1. The molecular weight excluding hydrogens is 192 g/mol. The molecule has 4 heteroatoms. The molecule has 0 aliphatic carbocycles. The first kappa shape index (κ1) is 12.5. The Morgan fingerprint density at radius 2 is 2.20 bits per heavy atom. The van der Waals surface area contributed by atoms with Gasteiger partial charge < -0.3 is 15.0 Å². The second kappa shape index (κ2) is 4.94. The third-order valence-electron chi connectivity index (χ3n) is 2.58. The van der Waals surface area contributed by atoms with Gasteiger partial charge in [0.1, 0.15) is 0 Å². The Balaban J connectivity index is 2.38. The maximum atomic E-state index is 11.9. The fourth-order valence-corrected chi connectivity index (χ4v) is 1.69. The van der Waals surface area contributed by atoms with E-state index in [-0.39, 0.29) is 12.0 Å². The molecule has 0 radical (unpaired) electrons. The van der Waals surface area contributed by atoms with Gasteiger partial charge in [0.2, 0.25) is 5.91 Å². The van der Waals surface area contributed by atoms with Gasteiger partial charge in [0, 0.05) is 19.6 Å². The van der Waals surface area contributed by atoms with Crippen LogP contribution in [-0.2, 0) is 9.53 Å². The second-order valence-corrected chi connectivity index (χ2v) is 4.76. The molecule has 0 unspecified atom stereocenters. The fraction of sp³-hybridized carbons (Fsp3) is 0.909. The predicted octanol–water partition coefficient (Wildman–Crippen LogP) is 0.622. The summed E-state index contributed by atoms with van der Waals surface area (Å²) in [4.78, 5) is 13.8. The maximum absolute atomic E-state index is 11.9. The van der Waals surface area contributed by atoms with Crippen LogP contribution in [0.3, 0.4) is 0 Å². The molecule has 1 heterocycles. The molecule has 0 atom stereocenters. The largest absolute Gasteiger partial charge is 0.377 e. The van der Waals surface area contributed by atoms with Crippen molar-refractivity contribution < 1.29 is 9.53 Å². The lowest BCUT2D eigenvalue weighted by molar-refractivity contribution is -0.140. The maximum Gasteiger partial charge on any atom is 0.242 e. The van der Waals surface area contributed by atoms with Gasteiger partial charge in [-0.05, 0) is 27.7 Å².